The van der Waals surface area contributed by atoms with Gasteiger partial charge in [-0.3, -0.25) is 0 Å². The fourth-order valence-electron chi connectivity index (χ4n) is 1.74. The lowest BCUT2D eigenvalue weighted by Gasteiger charge is -2.06. The average Bonchev–Trinajstić information content (AvgIpc) is 2.47. The fourth-order valence-corrected chi connectivity index (χ4v) is 1.74. The first-order valence-corrected chi connectivity index (χ1v) is 6.19. The molecule has 0 spiro atoms. The van der Waals surface area contributed by atoms with Crippen LogP contribution in [0, 0.1) is 0 Å². The molecule has 0 fully saturated rings. The maximum Gasteiger partial charge on any atom is 0.222 e. The van der Waals surface area contributed by atoms with Crippen LogP contribution in [-0.4, -0.2) is 30.2 Å². The smallest absolute Gasteiger partial charge is 0.222 e. The number of nitrogens with two attached hydrogens (primary N) is 1. The number of aromatic nitrogens is 2. The molecule has 0 aliphatic rings. The topological polar surface area (TPSA) is 73.1 Å². The zero-order valence-electron chi connectivity index (χ0n) is 11.0. The van der Waals surface area contributed by atoms with E-state index in [1.165, 1.54) is 5.56 Å². The highest BCUT2D eigenvalue weighted by Gasteiger charge is 2.00. The summed E-state index contributed by atoms with van der Waals surface area (Å²) in [5, 5.41) is 3.04. The molecule has 1 heterocycles. The highest BCUT2D eigenvalue weighted by atomic mass is 16.5. The summed E-state index contributed by atoms with van der Waals surface area (Å²) in [6.45, 7) is 1.24. The van der Waals surface area contributed by atoms with Crippen LogP contribution in [0.3, 0.4) is 0 Å². The second kappa shape index (κ2) is 6.70. The molecule has 100 valence electrons. The van der Waals surface area contributed by atoms with Crippen LogP contribution in [0.2, 0.25) is 0 Å². The molecule has 0 amide bonds. The summed E-state index contributed by atoms with van der Waals surface area (Å²) >= 11 is 0. The molecule has 2 aromatic rings. The first kappa shape index (κ1) is 13.3. The Morgan fingerprint density at radius 1 is 1.21 bits per heavy atom. The second-order valence-electron chi connectivity index (χ2n) is 4.16. The Labute approximate surface area is 112 Å². The van der Waals surface area contributed by atoms with E-state index >= 15 is 0 Å². The van der Waals surface area contributed by atoms with Gasteiger partial charge in [0.25, 0.3) is 0 Å². The third-order valence-corrected chi connectivity index (χ3v) is 2.68. The number of hydrogen-bond donors (Lipinski definition) is 2. The van der Waals surface area contributed by atoms with Crippen molar-refractivity contribution in [2.45, 2.75) is 6.42 Å². The molecule has 1 aromatic heterocycles. The van der Waals surface area contributed by atoms with Crippen molar-refractivity contribution >= 4 is 5.95 Å². The van der Waals surface area contributed by atoms with Crippen molar-refractivity contribution in [1.29, 1.82) is 0 Å². The molecular weight excluding hydrogens is 240 g/mol. The lowest BCUT2D eigenvalue weighted by atomic mass is 10.1. The van der Waals surface area contributed by atoms with Gasteiger partial charge in [0.05, 0.1) is 7.11 Å². The van der Waals surface area contributed by atoms with Crippen LogP contribution >= 0.6 is 0 Å². The van der Waals surface area contributed by atoms with Crippen molar-refractivity contribution in [2.75, 3.05) is 25.5 Å². The number of ether oxygens (including phenoxy) is 1. The minimum absolute atomic E-state index is 0.564. The molecule has 5 nitrogen and oxygen atoms in total. The third kappa shape index (κ3) is 3.93. The maximum absolute atomic E-state index is 5.41. The van der Waals surface area contributed by atoms with Crippen LogP contribution in [-0.2, 0) is 6.42 Å². The van der Waals surface area contributed by atoms with Gasteiger partial charge in [-0.1, -0.05) is 12.1 Å². The Hall–Kier alpha value is -2.14. The minimum atomic E-state index is 0.564. The van der Waals surface area contributed by atoms with Crippen LogP contribution in [0.1, 0.15) is 11.1 Å². The molecule has 0 saturated heterocycles. The lowest BCUT2D eigenvalue weighted by Crippen LogP contribution is -2.14. The predicted octanol–water partition coefficient (Wildman–Crippen LogP) is 1.45. The second-order valence-corrected chi connectivity index (χ2v) is 4.16. The molecule has 2 rings (SSSR count). The van der Waals surface area contributed by atoms with Crippen LogP contribution < -0.4 is 15.8 Å². The van der Waals surface area contributed by atoms with Crippen molar-refractivity contribution in [1.82, 2.24) is 9.97 Å². The van der Waals surface area contributed by atoms with Crippen molar-refractivity contribution < 1.29 is 4.74 Å². The van der Waals surface area contributed by atoms with Gasteiger partial charge in [0.1, 0.15) is 5.75 Å². The number of nitrogens with zero attached hydrogens (tertiary/aromatic N) is 2. The Bertz CT molecular complexity index is 513. The lowest BCUT2D eigenvalue weighted by molar-refractivity contribution is 0.414. The van der Waals surface area contributed by atoms with Crippen LogP contribution in [0.15, 0.2) is 36.7 Å². The molecule has 0 unspecified atom stereocenters. The summed E-state index contributed by atoms with van der Waals surface area (Å²) in [4.78, 5) is 8.49. The van der Waals surface area contributed by atoms with Crippen molar-refractivity contribution in [2.24, 2.45) is 5.73 Å². The molecule has 0 bridgehead atoms. The van der Waals surface area contributed by atoms with E-state index in [0.29, 0.717) is 19.0 Å². The van der Waals surface area contributed by atoms with Gasteiger partial charge in [0, 0.05) is 31.9 Å². The first-order valence-electron chi connectivity index (χ1n) is 6.19. The van der Waals surface area contributed by atoms with E-state index < -0.39 is 0 Å². The van der Waals surface area contributed by atoms with Crippen molar-refractivity contribution in [3.8, 4) is 5.75 Å². The van der Waals surface area contributed by atoms with Crippen molar-refractivity contribution in [3.63, 3.8) is 0 Å². The standard InChI is InChI=1S/C14H18N4O/c1-19-13-4-2-3-11(8-13)7-12-9-17-14(18-10-12)16-6-5-15/h2-4,8-10H,5-7,15H2,1H3,(H,16,17,18). The molecule has 1 aromatic carbocycles. The fraction of sp³-hybridized carbons (Fsp3) is 0.286. The average molecular weight is 258 g/mol. The van der Waals surface area contributed by atoms with Gasteiger partial charge in [-0.2, -0.15) is 0 Å². The van der Waals surface area contributed by atoms with Gasteiger partial charge < -0.3 is 15.8 Å². The van der Waals surface area contributed by atoms with Gasteiger partial charge in [-0.25, -0.2) is 9.97 Å². The van der Waals surface area contributed by atoms with Crippen LogP contribution in [0.25, 0.3) is 0 Å². The molecule has 0 aliphatic carbocycles. The minimum Gasteiger partial charge on any atom is -0.497 e. The number of benzene rings is 1. The van der Waals surface area contributed by atoms with Gasteiger partial charge in [-0.15, -0.1) is 0 Å². The normalized spacial score (nSPS) is 10.2. The van der Waals surface area contributed by atoms with Crippen molar-refractivity contribution in [3.05, 3.63) is 47.8 Å². The molecule has 0 saturated carbocycles. The quantitative estimate of drug-likeness (QED) is 0.820. The molecule has 0 aliphatic heterocycles. The van der Waals surface area contributed by atoms with E-state index in [9.17, 15) is 0 Å². The molecule has 5 heteroatoms. The molecule has 3 N–H and O–H groups in total. The van der Waals surface area contributed by atoms with E-state index in [2.05, 4.69) is 21.4 Å². The summed E-state index contributed by atoms with van der Waals surface area (Å²) in [6, 6.07) is 7.98. The third-order valence-electron chi connectivity index (χ3n) is 2.68. The molecule has 0 atom stereocenters. The summed E-state index contributed by atoms with van der Waals surface area (Å²) in [7, 11) is 1.67. The molecule has 0 radical (unpaired) electrons. The van der Waals surface area contributed by atoms with E-state index in [0.717, 1.165) is 17.7 Å². The SMILES string of the molecule is COc1cccc(Cc2cnc(NCCN)nc2)c1. The molecule has 19 heavy (non-hydrogen) atoms. The first-order chi connectivity index (χ1) is 9.31. The Morgan fingerprint density at radius 2 is 2.00 bits per heavy atom. The number of hydrogen-bond acceptors (Lipinski definition) is 5. The highest BCUT2D eigenvalue weighted by Crippen LogP contribution is 2.15. The number of anilines is 1. The summed E-state index contributed by atoms with van der Waals surface area (Å²) in [5.41, 5.74) is 7.64. The molecular formula is C14H18N4O. The monoisotopic (exact) mass is 258 g/mol. The number of nitrogens with one attached hydrogen (secondary N) is 1. The Kier molecular flexibility index (Phi) is 4.69. The largest absolute Gasteiger partial charge is 0.497 e. The van der Waals surface area contributed by atoms with Gasteiger partial charge in [0.15, 0.2) is 0 Å². The Morgan fingerprint density at radius 3 is 2.68 bits per heavy atom. The van der Waals surface area contributed by atoms with E-state index in [4.69, 9.17) is 10.5 Å². The van der Waals surface area contributed by atoms with E-state index in [1.54, 1.807) is 7.11 Å². The van der Waals surface area contributed by atoms with Gasteiger partial charge >= 0.3 is 0 Å². The summed E-state index contributed by atoms with van der Waals surface area (Å²) < 4.78 is 5.20. The van der Waals surface area contributed by atoms with E-state index in [1.807, 2.05) is 30.6 Å². The zero-order chi connectivity index (χ0) is 13.5. The highest BCUT2D eigenvalue weighted by molar-refractivity contribution is 5.32. The van der Waals surface area contributed by atoms with Crippen LogP contribution in [0.5, 0.6) is 5.75 Å². The summed E-state index contributed by atoms with van der Waals surface area (Å²) in [5.74, 6) is 1.47. The Balaban J connectivity index is 2.02. The zero-order valence-corrected chi connectivity index (χ0v) is 11.0. The predicted molar refractivity (Wildman–Crippen MR) is 75.4 cm³/mol. The van der Waals surface area contributed by atoms with Crippen LogP contribution in [0.4, 0.5) is 5.95 Å². The van der Waals surface area contributed by atoms with Gasteiger partial charge in [-0.05, 0) is 23.3 Å². The maximum atomic E-state index is 5.41. The van der Waals surface area contributed by atoms with E-state index in [-0.39, 0.29) is 0 Å². The van der Waals surface area contributed by atoms with Gasteiger partial charge in [0.2, 0.25) is 5.95 Å². The number of methoxy groups -OCH3 is 1. The summed E-state index contributed by atoms with van der Waals surface area (Å²) in [6.07, 6.45) is 4.44. The number of rotatable bonds is 6.